The van der Waals surface area contributed by atoms with Gasteiger partial charge in [0.15, 0.2) is 5.75 Å². The molecule has 0 saturated carbocycles. The largest absolute Gasteiger partial charge is 0.485 e. The van der Waals surface area contributed by atoms with Crippen molar-refractivity contribution in [1.82, 2.24) is 24.4 Å². The molecule has 0 spiro atoms. The number of nitrogens with zero attached hydrogens (tertiary/aromatic N) is 6. The second kappa shape index (κ2) is 10.8. The lowest BCUT2D eigenvalue weighted by atomic mass is 9.97. The molecule has 11 heteroatoms. The van der Waals surface area contributed by atoms with Crippen LogP contribution in [0.1, 0.15) is 32.8 Å². The molecule has 5 aromatic rings. The first-order valence-corrected chi connectivity index (χ1v) is 15.2. The SMILES string of the molecule is Cc1cc(Nc2ncnc3ccc4c(c23)O[C@@H]2CCN(C(=O)OC(C)(C)C)C[C@H]2N4C)ccc1Oc1ccc2c(c1)ncn2C. The van der Waals surface area contributed by atoms with Crippen molar-refractivity contribution < 1.29 is 19.0 Å². The fraction of sp³-hybridized carbons (Fsp3) is 0.353. The van der Waals surface area contributed by atoms with Gasteiger partial charge in [0.05, 0.1) is 40.0 Å². The molecule has 0 radical (unpaired) electrons. The lowest BCUT2D eigenvalue weighted by Gasteiger charge is -2.47. The molecule has 45 heavy (non-hydrogen) atoms. The number of piperidine rings is 1. The lowest BCUT2D eigenvalue weighted by molar-refractivity contribution is 0.00637. The molecule has 2 aliphatic heterocycles. The Hall–Kier alpha value is -5.06. The summed E-state index contributed by atoms with van der Waals surface area (Å²) in [5.74, 6) is 2.89. The minimum atomic E-state index is -0.543. The Balaban J connectivity index is 1.14. The van der Waals surface area contributed by atoms with Crippen molar-refractivity contribution in [3.05, 3.63) is 66.7 Å². The normalized spacial score (nSPS) is 17.9. The smallest absolute Gasteiger partial charge is 0.410 e. The van der Waals surface area contributed by atoms with Crippen molar-refractivity contribution in [3.63, 3.8) is 0 Å². The summed E-state index contributed by atoms with van der Waals surface area (Å²) < 4.78 is 20.6. The van der Waals surface area contributed by atoms with Crippen molar-refractivity contribution in [2.24, 2.45) is 7.05 Å². The molecule has 2 aromatic heterocycles. The van der Waals surface area contributed by atoms with E-state index in [0.29, 0.717) is 25.3 Å². The number of anilines is 3. The van der Waals surface area contributed by atoms with Crippen LogP contribution >= 0.6 is 0 Å². The molecule has 11 nitrogen and oxygen atoms in total. The first kappa shape index (κ1) is 28.7. The summed E-state index contributed by atoms with van der Waals surface area (Å²) in [6, 6.07) is 15.9. The van der Waals surface area contributed by atoms with Gasteiger partial charge in [-0.2, -0.15) is 0 Å². The van der Waals surface area contributed by atoms with Gasteiger partial charge in [0.25, 0.3) is 0 Å². The maximum absolute atomic E-state index is 12.8. The number of carbonyl (C=O) groups excluding carboxylic acids is 1. The fourth-order valence-corrected chi connectivity index (χ4v) is 6.13. The van der Waals surface area contributed by atoms with Gasteiger partial charge < -0.3 is 33.9 Å². The number of imidazole rings is 1. The van der Waals surface area contributed by atoms with Crippen LogP contribution in [-0.4, -0.2) is 68.4 Å². The van der Waals surface area contributed by atoms with Gasteiger partial charge in [-0.3, -0.25) is 0 Å². The van der Waals surface area contributed by atoms with Gasteiger partial charge >= 0.3 is 6.09 Å². The van der Waals surface area contributed by atoms with Gasteiger partial charge in [-0.15, -0.1) is 0 Å². The number of benzene rings is 3. The molecule has 1 amide bonds. The Kier molecular flexibility index (Phi) is 6.91. The maximum atomic E-state index is 12.8. The number of nitrogens with one attached hydrogen (secondary N) is 1. The molecule has 3 aromatic carbocycles. The zero-order valence-corrected chi connectivity index (χ0v) is 26.4. The number of rotatable bonds is 4. The number of aryl methyl sites for hydroxylation is 2. The van der Waals surface area contributed by atoms with Crippen LogP contribution in [0.15, 0.2) is 61.2 Å². The Morgan fingerprint density at radius 3 is 2.67 bits per heavy atom. The number of carbonyl (C=O) groups is 1. The summed E-state index contributed by atoms with van der Waals surface area (Å²) in [5, 5.41) is 4.32. The number of hydrogen-bond acceptors (Lipinski definition) is 9. The Morgan fingerprint density at radius 1 is 1.02 bits per heavy atom. The van der Waals surface area contributed by atoms with Crippen LogP contribution in [0.3, 0.4) is 0 Å². The number of likely N-dealkylation sites (tertiary alicyclic amines) is 1. The van der Waals surface area contributed by atoms with Gasteiger partial charge in [-0.25, -0.2) is 19.7 Å². The van der Waals surface area contributed by atoms with E-state index in [1.165, 1.54) is 0 Å². The maximum Gasteiger partial charge on any atom is 0.410 e. The Morgan fingerprint density at radius 2 is 1.87 bits per heavy atom. The molecule has 7 rings (SSSR count). The number of aromatic nitrogens is 4. The molecule has 232 valence electrons. The van der Waals surface area contributed by atoms with Crippen LogP contribution in [0.2, 0.25) is 0 Å². The summed E-state index contributed by atoms with van der Waals surface area (Å²) in [6.07, 6.45) is 3.66. The van der Waals surface area contributed by atoms with E-state index in [2.05, 4.69) is 25.2 Å². The zero-order valence-electron chi connectivity index (χ0n) is 26.4. The standard InChI is InChI=1S/C34H37N7O4/c1-20-15-21(7-12-28(20)43-22-8-10-25-24(16-22)37-19-39(25)5)38-32-30-23(35-18-36-32)9-11-26-31(30)44-29-13-14-41(17-27(29)40(26)6)33(42)45-34(2,3)4/h7-12,15-16,18-19,27,29H,13-14,17H2,1-6H3,(H,35,36,38)/t27-,29-/m1/s1. The monoisotopic (exact) mass is 607 g/mol. The number of likely N-dealkylation sites (N-methyl/N-ethyl adjacent to an activating group) is 1. The molecule has 0 aliphatic carbocycles. The van der Waals surface area contributed by atoms with Gasteiger partial charge in [0, 0.05) is 45.4 Å². The molecule has 2 aliphatic rings. The van der Waals surface area contributed by atoms with Crippen LogP contribution in [0.4, 0.5) is 22.0 Å². The van der Waals surface area contributed by atoms with E-state index in [1.807, 2.05) is 94.9 Å². The van der Waals surface area contributed by atoms with E-state index in [1.54, 1.807) is 17.6 Å². The third-order valence-corrected chi connectivity index (χ3v) is 8.42. The summed E-state index contributed by atoms with van der Waals surface area (Å²) in [4.78, 5) is 30.4. The minimum absolute atomic E-state index is 0.00848. The highest BCUT2D eigenvalue weighted by atomic mass is 16.6. The highest BCUT2D eigenvalue weighted by molar-refractivity contribution is 6.00. The molecule has 0 bridgehead atoms. The van der Waals surface area contributed by atoms with Crippen LogP contribution in [-0.2, 0) is 11.8 Å². The third kappa shape index (κ3) is 5.43. The second-order valence-corrected chi connectivity index (χ2v) is 12.8. The summed E-state index contributed by atoms with van der Waals surface area (Å²) in [6.45, 7) is 8.76. The van der Waals surface area contributed by atoms with E-state index in [4.69, 9.17) is 14.2 Å². The van der Waals surface area contributed by atoms with Crippen molar-refractivity contribution in [3.8, 4) is 17.2 Å². The zero-order chi connectivity index (χ0) is 31.5. The highest BCUT2D eigenvalue weighted by Crippen LogP contribution is 2.45. The van der Waals surface area contributed by atoms with Crippen LogP contribution < -0.4 is 19.7 Å². The first-order chi connectivity index (χ1) is 21.5. The van der Waals surface area contributed by atoms with Crippen LogP contribution in [0.5, 0.6) is 17.2 Å². The summed E-state index contributed by atoms with van der Waals surface area (Å²) in [5.41, 5.74) is 4.94. The average Bonchev–Trinajstić information content (AvgIpc) is 3.37. The van der Waals surface area contributed by atoms with Crippen molar-refractivity contribution >= 4 is 45.2 Å². The van der Waals surface area contributed by atoms with E-state index in [0.717, 1.165) is 56.1 Å². The van der Waals surface area contributed by atoms with E-state index < -0.39 is 5.60 Å². The van der Waals surface area contributed by atoms with Gasteiger partial charge in [0.2, 0.25) is 0 Å². The number of ether oxygens (including phenoxy) is 3. The second-order valence-electron chi connectivity index (χ2n) is 12.8. The van der Waals surface area contributed by atoms with Gasteiger partial charge in [0.1, 0.15) is 35.3 Å². The van der Waals surface area contributed by atoms with Crippen LogP contribution in [0.25, 0.3) is 21.9 Å². The van der Waals surface area contributed by atoms with Crippen molar-refractivity contribution in [1.29, 1.82) is 0 Å². The van der Waals surface area contributed by atoms with E-state index >= 15 is 0 Å². The summed E-state index contributed by atoms with van der Waals surface area (Å²) in [7, 11) is 4.02. The fourth-order valence-electron chi connectivity index (χ4n) is 6.13. The third-order valence-electron chi connectivity index (χ3n) is 8.42. The molecular weight excluding hydrogens is 570 g/mol. The predicted octanol–water partition coefficient (Wildman–Crippen LogP) is 6.57. The predicted molar refractivity (Wildman–Crippen MR) is 174 cm³/mol. The molecule has 2 atom stereocenters. The molecule has 0 unspecified atom stereocenters. The first-order valence-electron chi connectivity index (χ1n) is 15.2. The Labute approximate surface area is 261 Å². The highest BCUT2D eigenvalue weighted by Gasteiger charge is 2.41. The van der Waals surface area contributed by atoms with E-state index in [-0.39, 0.29) is 18.2 Å². The minimum Gasteiger partial charge on any atom is -0.485 e. The van der Waals surface area contributed by atoms with E-state index in [9.17, 15) is 4.79 Å². The number of fused-ring (bicyclic) bond motifs is 5. The molecule has 4 heterocycles. The molecule has 1 saturated heterocycles. The van der Waals surface area contributed by atoms with Crippen LogP contribution in [0, 0.1) is 6.92 Å². The lowest BCUT2D eigenvalue weighted by Crippen LogP contribution is -2.59. The average molecular weight is 608 g/mol. The Bertz CT molecular complexity index is 1930. The summed E-state index contributed by atoms with van der Waals surface area (Å²) >= 11 is 0. The molecular formula is C34H37N7O4. The molecule has 1 fully saturated rings. The number of amides is 1. The van der Waals surface area contributed by atoms with Crippen molar-refractivity contribution in [2.45, 2.75) is 51.9 Å². The topological polar surface area (TPSA) is 107 Å². The van der Waals surface area contributed by atoms with Gasteiger partial charge in [-0.1, -0.05) is 0 Å². The van der Waals surface area contributed by atoms with Crippen molar-refractivity contribution in [2.75, 3.05) is 30.4 Å². The quantitative estimate of drug-likeness (QED) is 0.243. The number of hydrogen-bond donors (Lipinski definition) is 1. The molecule has 1 N–H and O–H groups in total. The van der Waals surface area contributed by atoms with Gasteiger partial charge in [-0.05, 0) is 75.7 Å².